The van der Waals surface area contributed by atoms with Crippen molar-refractivity contribution in [1.82, 2.24) is 10.1 Å². The smallest absolute Gasteiger partial charge is 0.229 e. The SMILES string of the molecule is C[C@H](N)c1cc(Br)ccc1OCc1noc(C2CC2)n1. The summed E-state index contributed by atoms with van der Waals surface area (Å²) in [7, 11) is 0. The normalized spacial score (nSPS) is 16.1. The third kappa shape index (κ3) is 3.02. The number of hydrogen-bond acceptors (Lipinski definition) is 5. The van der Waals surface area contributed by atoms with E-state index in [1.807, 2.05) is 25.1 Å². The maximum absolute atomic E-state index is 5.95. The zero-order chi connectivity index (χ0) is 14.1. The van der Waals surface area contributed by atoms with Crippen LogP contribution in [0.4, 0.5) is 0 Å². The van der Waals surface area contributed by atoms with Gasteiger partial charge in [-0.1, -0.05) is 21.1 Å². The Morgan fingerprint density at radius 2 is 2.30 bits per heavy atom. The van der Waals surface area contributed by atoms with Gasteiger partial charge in [-0.3, -0.25) is 0 Å². The first kappa shape index (κ1) is 13.6. The predicted octanol–water partition coefficient (Wildman–Crippen LogP) is 3.31. The lowest BCUT2D eigenvalue weighted by Gasteiger charge is -2.13. The van der Waals surface area contributed by atoms with Crippen LogP contribution in [-0.2, 0) is 6.61 Å². The quantitative estimate of drug-likeness (QED) is 0.905. The number of aromatic nitrogens is 2. The molecule has 1 aromatic heterocycles. The van der Waals surface area contributed by atoms with Gasteiger partial charge in [-0.2, -0.15) is 4.98 Å². The maximum Gasteiger partial charge on any atom is 0.229 e. The summed E-state index contributed by atoms with van der Waals surface area (Å²) in [4.78, 5) is 4.34. The molecule has 0 bridgehead atoms. The van der Waals surface area contributed by atoms with E-state index in [4.69, 9.17) is 15.0 Å². The Hall–Kier alpha value is -1.40. The number of halogens is 1. The fourth-order valence-corrected chi connectivity index (χ4v) is 2.35. The second-order valence-electron chi connectivity index (χ2n) is 5.08. The molecule has 1 aliphatic carbocycles. The van der Waals surface area contributed by atoms with Crippen molar-refractivity contribution in [2.45, 2.75) is 38.3 Å². The molecule has 1 atom stereocenters. The first-order valence-electron chi connectivity index (χ1n) is 6.64. The van der Waals surface area contributed by atoms with Crippen LogP contribution in [0.5, 0.6) is 5.75 Å². The predicted molar refractivity (Wildman–Crippen MR) is 77.3 cm³/mol. The summed E-state index contributed by atoms with van der Waals surface area (Å²) in [6.07, 6.45) is 2.29. The highest BCUT2D eigenvalue weighted by molar-refractivity contribution is 9.10. The maximum atomic E-state index is 5.95. The van der Waals surface area contributed by atoms with Gasteiger partial charge in [0.1, 0.15) is 5.75 Å². The van der Waals surface area contributed by atoms with Crippen LogP contribution in [0.25, 0.3) is 0 Å². The summed E-state index contributed by atoms with van der Waals surface area (Å²) in [6.45, 7) is 2.21. The molecule has 1 fully saturated rings. The number of hydrogen-bond donors (Lipinski definition) is 1. The Labute approximate surface area is 125 Å². The van der Waals surface area contributed by atoms with Crippen molar-refractivity contribution in [3.63, 3.8) is 0 Å². The van der Waals surface area contributed by atoms with Gasteiger partial charge in [0.05, 0.1) is 0 Å². The molecule has 1 aliphatic rings. The van der Waals surface area contributed by atoms with Crippen molar-refractivity contribution in [1.29, 1.82) is 0 Å². The molecule has 2 N–H and O–H groups in total. The first-order chi connectivity index (χ1) is 9.63. The summed E-state index contributed by atoms with van der Waals surface area (Å²) in [5, 5.41) is 3.93. The van der Waals surface area contributed by atoms with E-state index in [0.717, 1.165) is 34.5 Å². The van der Waals surface area contributed by atoms with Gasteiger partial charge in [-0.25, -0.2) is 0 Å². The van der Waals surface area contributed by atoms with E-state index in [-0.39, 0.29) is 12.6 Å². The summed E-state index contributed by atoms with van der Waals surface area (Å²) in [6, 6.07) is 5.68. The van der Waals surface area contributed by atoms with Crippen LogP contribution >= 0.6 is 15.9 Å². The van der Waals surface area contributed by atoms with Gasteiger partial charge in [-0.05, 0) is 38.0 Å². The van der Waals surface area contributed by atoms with E-state index in [2.05, 4.69) is 26.1 Å². The molecule has 0 radical (unpaired) electrons. The Bertz CT molecular complexity index is 608. The first-order valence-corrected chi connectivity index (χ1v) is 7.43. The third-order valence-corrected chi connectivity index (χ3v) is 3.72. The summed E-state index contributed by atoms with van der Waals surface area (Å²) in [5.74, 6) is 2.52. The van der Waals surface area contributed by atoms with Gasteiger partial charge in [-0.15, -0.1) is 0 Å². The van der Waals surface area contributed by atoms with Crippen molar-refractivity contribution in [3.05, 3.63) is 40.0 Å². The Morgan fingerprint density at radius 3 is 3.00 bits per heavy atom. The zero-order valence-electron chi connectivity index (χ0n) is 11.2. The summed E-state index contributed by atoms with van der Waals surface area (Å²) in [5.41, 5.74) is 6.90. The van der Waals surface area contributed by atoms with Crippen LogP contribution in [0.15, 0.2) is 27.2 Å². The number of nitrogens with zero attached hydrogens (tertiary/aromatic N) is 2. The molecule has 20 heavy (non-hydrogen) atoms. The standard InChI is InChI=1S/C14H16BrN3O2/c1-8(16)11-6-10(15)4-5-12(11)19-7-13-17-14(20-18-13)9-2-3-9/h4-6,8-9H,2-3,7,16H2,1H3/t8-/m0/s1. The average Bonchev–Trinajstić information content (AvgIpc) is 3.17. The van der Waals surface area contributed by atoms with Crippen LogP contribution in [0.1, 0.15) is 49.0 Å². The number of rotatable bonds is 5. The fourth-order valence-electron chi connectivity index (χ4n) is 1.97. The van der Waals surface area contributed by atoms with Crippen molar-refractivity contribution >= 4 is 15.9 Å². The van der Waals surface area contributed by atoms with Gasteiger partial charge in [0.25, 0.3) is 0 Å². The van der Waals surface area contributed by atoms with Crippen LogP contribution in [0, 0.1) is 0 Å². The number of ether oxygens (including phenoxy) is 1. The van der Waals surface area contributed by atoms with E-state index in [0.29, 0.717) is 11.7 Å². The number of nitrogens with two attached hydrogens (primary N) is 1. The largest absolute Gasteiger partial charge is 0.485 e. The zero-order valence-corrected chi connectivity index (χ0v) is 12.8. The van der Waals surface area contributed by atoms with Gasteiger partial charge in [0.2, 0.25) is 11.7 Å². The minimum Gasteiger partial charge on any atom is -0.485 e. The van der Waals surface area contributed by atoms with Crippen molar-refractivity contribution in [2.24, 2.45) is 5.73 Å². The summed E-state index contributed by atoms with van der Waals surface area (Å²) < 4.78 is 11.9. The van der Waals surface area contributed by atoms with Gasteiger partial charge in [0, 0.05) is 22.0 Å². The molecule has 1 saturated carbocycles. The van der Waals surface area contributed by atoms with Crippen LogP contribution in [-0.4, -0.2) is 10.1 Å². The molecule has 0 spiro atoms. The molecular formula is C14H16BrN3O2. The van der Waals surface area contributed by atoms with E-state index < -0.39 is 0 Å². The molecule has 0 aliphatic heterocycles. The molecule has 6 heteroatoms. The monoisotopic (exact) mass is 337 g/mol. The van der Waals surface area contributed by atoms with Gasteiger partial charge in [0.15, 0.2) is 6.61 Å². The minimum absolute atomic E-state index is 0.102. The van der Waals surface area contributed by atoms with Crippen LogP contribution in [0.2, 0.25) is 0 Å². The Kier molecular flexibility index (Phi) is 3.76. The molecule has 5 nitrogen and oxygen atoms in total. The second kappa shape index (κ2) is 5.54. The van der Waals surface area contributed by atoms with Gasteiger partial charge >= 0.3 is 0 Å². The number of benzene rings is 1. The second-order valence-corrected chi connectivity index (χ2v) is 6.00. The van der Waals surface area contributed by atoms with E-state index in [1.54, 1.807) is 0 Å². The van der Waals surface area contributed by atoms with E-state index >= 15 is 0 Å². The van der Waals surface area contributed by atoms with Gasteiger partial charge < -0.3 is 15.0 Å². The highest BCUT2D eigenvalue weighted by Gasteiger charge is 2.29. The van der Waals surface area contributed by atoms with Crippen LogP contribution < -0.4 is 10.5 Å². The van der Waals surface area contributed by atoms with Crippen molar-refractivity contribution in [3.8, 4) is 5.75 Å². The van der Waals surface area contributed by atoms with Crippen molar-refractivity contribution in [2.75, 3.05) is 0 Å². The highest BCUT2D eigenvalue weighted by Crippen LogP contribution is 2.38. The Balaban J connectivity index is 1.70. The molecule has 3 rings (SSSR count). The Morgan fingerprint density at radius 1 is 1.50 bits per heavy atom. The van der Waals surface area contributed by atoms with E-state index in [1.165, 1.54) is 0 Å². The minimum atomic E-state index is -0.102. The van der Waals surface area contributed by atoms with E-state index in [9.17, 15) is 0 Å². The fraction of sp³-hybridized carbons (Fsp3) is 0.429. The molecule has 106 valence electrons. The van der Waals surface area contributed by atoms with Crippen molar-refractivity contribution < 1.29 is 9.26 Å². The third-order valence-electron chi connectivity index (χ3n) is 3.23. The lowest BCUT2D eigenvalue weighted by Crippen LogP contribution is -2.08. The average molecular weight is 338 g/mol. The molecule has 0 unspecified atom stereocenters. The van der Waals surface area contributed by atoms with Crippen LogP contribution in [0.3, 0.4) is 0 Å². The highest BCUT2D eigenvalue weighted by atomic mass is 79.9. The lowest BCUT2D eigenvalue weighted by atomic mass is 10.1. The lowest BCUT2D eigenvalue weighted by molar-refractivity contribution is 0.281. The molecule has 1 heterocycles. The molecule has 1 aromatic carbocycles. The molecule has 0 amide bonds. The summed E-state index contributed by atoms with van der Waals surface area (Å²) >= 11 is 3.44. The topological polar surface area (TPSA) is 74.2 Å². The molecule has 0 saturated heterocycles. The molecule has 2 aromatic rings. The molecular weight excluding hydrogens is 322 g/mol.